The number of fused-ring (bicyclic) bond motifs is 1. The quantitative estimate of drug-likeness (QED) is 0.400. The third-order valence-corrected chi connectivity index (χ3v) is 5.24. The SMILES string of the molecule is CCNC(=NCc1cccc(OC)c1)NCCCC(=O)N1CCc2ccccc2C1. The molecule has 1 heterocycles. The summed E-state index contributed by atoms with van der Waals surface area (Å²) in [5.41, 5.74) is 3.73. The highest BCUT2D eigenvalue weighted by Crippen LogP contribution is 2.19. The predicted octanol–water partition coefficient (Wildman–Crippen LogP) is 3.12. The molecule has 2 N–H and O–H groups in total. The zero-order chi connectivity index (χ0) is 21.2. The molecule has 0 saturated heterocycles. The van der Waals surface area contributed by atoms with Gasteiger partial charge in [-0.1, -0.05) is 36.4 Å². The minimum Gasteiger partial charge on any atom is -0.497 e. The minimum atomic E-state index is 0.227. The van der Waals surface area contributed by atoms with Crippen LogP contribution in [0.3, 0.4) is 0 Å². The van der Waals surface area contributed by atoms with Crippen LogP contribution in [0.15, 0.2) is 53.5 Å². The molecule has 2 aromatic carbocycles. The third-order valence-electron chi connectivity index (χ3n) is 5.24. The van der Waals surface area contributed by atoms with Crippen LogP contribution < -0.4 is 15.4 Å². The van der Waals surface area contributed by atoms with Gasteiger partial charge in [0.2, 0.25) is 5.91 Å². The number of aliphatic imine (C=N–C) groups is 1. The van der Waals surface area contributed by atoms with Crippen molar-refractivity contribution < 1.29 is 9.53 Å². The Morgan fingerprint density at radius 3 is 2.77 bits per heavy atom. The van der Waals surface area contributed by atoms with Crippen molar-refractivity contribution in [2.45, 2.75) is 39.3 Å². The van der Waals surface area contributed by atoms with Gasteiger partial charge in [0.1, 0.15) is 5.75 Å². The van der Waals surface area contributed by atoms with Crippen LogP contribution >= 0.6 is 0 Å². The molecule has 160 valence electrons. The maximum atomic E-state index is 12.6. The fraction of sp³-hybridized carbons (Fsp3) is 0.417. The predicted molar refractivity (Wildman–Crippen MR) is 121 cm³/mol. The zero-order valence-electron chi connectivity index (χ0n) is 18.0. The summed E-state index contributed by atoms with van der Waals surface area (Å²) >= 11 is 0. The van der Waals surface area contributed by atoms with Crippen molar-refractivity contribution in [1.82, 2.24) is 15.5 Å². The second-order valence-corrected chi connectivity index (χ2v) is 7.41. The van der Waals surface area contributed by atoms with E-state index >= 15 is 0 Å². The van der Waals surface area contributed by atoms with Crippen LogP contribution in [0.2, 0.25) is 0 Å². The molecule has 0 aliphatic carbocycles. The topological polar surface area (TPSA) is 66.0 Å². The van der Waals surface area contributed by atoms with E-state index in [4.69, 9.17) is 4.74 Å². The van der Waals surface area contributed by atoms with Crippen molar-refractivity contribution >= 4 is 11.9 Å². The van der Waals surface area contributed by atoms with E-state index in [1.165, 1.54) is 11.1 Å². The molecule has 0 radical (unpaired) electrons. The molecule has 3 rings (SSSR count). The summed E-state index contributed by atoms with van der Waals surface area (Å²) in [6.45, 7) is 5.65. The normalized spacial score (nSPS) is 13.5. The number of carbonyl (C=O) groups excluding carboxylic acids is 1. The van der Waals surface area contributed by atoms with Gasteiger partial charge in [0.05, 0.1) is 13.7 Å². The standard InChI is InChI=1S/C24H32N4O2/c1-3-25-24(27-17-19-8-6-11-22(16-19)30-2)26-14-7-12-23(29)28-15-13-20-9-4-5-10-21(20)18-28/h4-6,8-11,16H,3,7,12-15,17-18H2,1-2H3,(H2,25,26,27). The largest absolute Gasteiger partial charge is 0.497 e. The lowest BCUT2D eigenvalue weighted by atomic mass is 9.99. The average Bonchev–Trinajstić information content (AvgIpc) is 2.79. The maximum absolute atomic E-state index is 12.6. The molecule has 6 nitrogen and oxygen atoms in total. The first kappa shape index (κ1) is 21.7. The molecule has 0 saturated carbocycles. The van der Waals surface area contributed by atoms with Crippen molar-refractivity contribution in [3.63, 3.8) is 0 Å². The summed E-state index contributed by atoms with van der Waals surface area (Å²) in [5.74, 6) is 1.82. The van der Waals surface area contributed by atoms with Crippen molar-refractivity contribution in [1.29, 1.82) is 0 Å². The van der Waals surface area contributed by atoms with Crippen LogP contribution in [-0.4, -0.2) is 43.5 Å². The molecule has 0 atom stereocenters. The second kappa shape index (κ2) is 11.2. The van der Waals surface area contributed by atoms with Gasteiger partial charge in [0.15, 0.2) is 5.96 Å². The Kier molecular flexibility index (Phi) is 8.12. The first-order valence-corrected chi connectivity index (χ1v) is 10.7. The molecule has 1 aliphatic heterocycles. The molecule has 0 spiro atoms. The fourth-order valence-electron chi connectivity index (χ4n) is 3.60. The molecule has 0 unspecified atom stereocenters. The molecular formula is C24H32N4O2. The molecule has 1 amide bonds. The van der Waals surface area contributed by atoms with E-state index in [9.17, 15) is 4.79 Å². The number of benzene rings is 2. The Hall–Kier alpha value is -3.02. The zero-order valence-corrected chi connectivity index (χ0v) is 18.0. The number of nitrogens with one attached hydrogen (secondary N) is 2. The first-order chi connectivity index (χ1) is 14.7. The molecular weight excluding hydrogens is 376 g/mol. The lowest BCUT2D eigenvalue weighted by molar-refractivity contribution is -0.132. The van der Waals surface area contributed by atoms with Crippen LogP contribution in [0, 0.1) is 0 Å². The lowest BCUT2D eigenvalue weighted by Crippen LogP contribution is -2.39. The number of ether oxygens (including phenoxy) is 1. The number of hydrogen-bond acceptors (Lipinski definition) is 3. The molecule has 2 aromatic rings. The highest BCUT2D eigenvalue weighted by Gasteiger charge is 2.19. The van der Waals surface area contributed by atoms with Crippen molar-refractivity contribution in [3.8, 4) is 5.75 Å². The fourth-order valence-corrected chi connectivity index (χ4v) is 3.60. The molecule has 0 bridgehead atoms. The number of amides is 1. The Balaban J connectivity index is 1.43. The number of nitrogens with zero attached hydrogens (tertiary/aromatic N) is 2. The van der Waals surface area contributed by atoms with Gasteiger partial charge >= 0.3 is 0 Å². The summed E-state index contributed by atoms with van der Waals surface area (Å²) in [6, 6.07) is 16.3. The van der Waals surface area contributed by atoms with E-state index in [1.807, 2.05) is 42.2 Å². The van der Waals surface area contributed by atoms with E-state index in [-0.39, 0.29) is 5.91 Å². The third kappa shape index (κ3) is 6.24. The number of rotatable bonds is 8. The highest BCUT2D eigenvalue weighted by molar-refractivity contribution is 5.80. The summed E-state index contributed by atoms with van der Waals surface area (Å²) in [5, 5.41) is 6.59. The van der Waals surface area contributed by atoms with Gasteiger partial charge in [-0.2, -0.15) is 0 Å². The van der Waals surface area contributed by atoms with Crippen LogP contribution in [0.1, 0.15) is 36.5 Å². The monoisotopic (exact) mass is 408 g/mol. The Bertz CT molecular complexity index is 866. The van der Waals surface area contributed by atoms with Crippen molar-refractivity contribution in [3.05, 3.63) is 65.2 Å². The Morgan fingerprint density at radius 1 is 1.13 bits per heavy atom. The summed E-state index contributed by atoms with van der Waals surface area (Å²) < 4.78 is 5.26. The Morgan fingerprint density at radius 2 is 1.97 bits per heavy atom. The van der Waals surface area contributed by atoms with Crippen LogP contribution in [0.25, 0.3) is 0 Å². The second-order valence-electron chi connectivity index (χ2n) is 7.41. The summed E-state index contributed by atoms with van der Waals surface area (Å²) in [6.07, 6.45) is 2.27. The lowest BCUT2D eigenvalue weighted by Gasteiger charge is -2.29. The van der Waals surface area contributed by atoms with Crippen molar-refractivity contribution in [2.24, 2.45) is 4.99 Å². The highest BCUT2D eigenvalue weighted by atomic mass is 16.5. The van der Waals surface area contributed by atoms with Gasteiger partial charge in [-0.3, -0.25) is 4.79 Å². The molecule has 0 aromatic heterocycles. The van der Waals surface area contributed by atoms with Crippen LogP contribution in [0.5, 0.6) is 5.75 Å². The number of guanidine groups is 1. The van der Waals surface area contributed by atoms with Gasteiger partial charge < -0.3 is 20.3 Å². The van der Waals surface area contributed by atoms with Gasteiger partial charge in [0.25, 0.3) is 0 Å². The number of hydrogen-bond donors (Lipinski definition) is 2. The summed E-state index contributed by atoms with van der Waals surface area (Å²) in [4.78, 5) is 19.2. The minimum absolute atomic E-state index is 0.227. The van der Waals surface area contributed by atoms with Crippen LogP contribution in [-0.2, 0) is 24.3 Å². The van der Waals surface area contributed by atoms with E-state index in [0.29, 0.717) is 19.5 Å². The molecule has 1 aliphatic rings. The molecule has 0 fully saturated rings. The van der Waals surface area contributed by atoms with Gasteiger partial charge in [-0.25, -0.2) is 4.99 Å². The van der Waals surface area contributed by atoms with E-state index in [1.54, 1.807) is 7.11 Å². The van der Waals surface area contributed by atoms with Gasteiger partial charge in [0, 0.05) is 32.6 Å². The summed E-state index contributed by atoms with van der Waals surface area (Å²) in [7, 11) is 1.66. The average molecular weight is 409 g/mol. The van der Waals surface area contributed by atoms with Gasteiger partial charge in [-0.15, -0.1) is 0 Å². The maximum Gasteiger partial charge on any atom is 0.222 e. The number of methoxy groups -OCH3 is 1. The van der Waals surface area contributed by atoms with Gasteiger partial charge in [-0.05, 0) is 48.6 Å². The molecule has 6 heteroatoms. The van der Waals surface area contributed by atoms with E-state index in [2.05, 4.69) is 33.8 Å². The smallest absolute Gasteiger partial charge is 0.222 e. The van der Waals surface area contributed by atoms with E-state index in [0.717, 1.165) is 49.7 Å². The van der Waals surface area contributed by atoms with Crippen molar-refractivity contribution in [2.75, 3.05) is 26.7 Å². The molecule has 30 heavy (non-hydrogen) atoms. The number of carbonyl (C=O) groups is 1. The van der Waals surface area contributed by atoms with Crippen LogP contribution in [0.4, 0.5) is 0 Å². The first-order valence-electron chi connectivity index (χ1n) is 10.7. The Labute approximate surface area is 179 Å². The van der Waals surface area contributed by atoms with E-state index < -0.39 is 0 Å².